The molecule has 0 unspecified atom stereocenters. The van der Waals surface area contributed by atoms with Crippen LogP contribution in [0.3, 0.4) is 0 Å². The molecule has 7 heteroatoms. The number of hydrogen-bond donors (Lipinski definition) is 0. The highest BCUT2D eigenvalue weighted by Gasteiger charge is 2.29. The van der Waals surface area contributed by atoms with Crippen LogP contribution in [0.1, 0.15) is 5.56 Å². The summed E-state index contributed by atoms with van der Waals surface area (Å²) in [5.74, 6) is 0. The molecule has 2 aromatic rings. The van der Waals surface area contributed by atoms with Crippen molar-refractivity contribution in [3.05, 3.63) is 46.3 Å². The highest BCUT2D eigenvalue weighted by atomic mass is 35.5. The van der Waals surface area contributed by atoms with Crippen LogP contribution in [0.15, 0.2) is 39.9 Å². The van der Waals surface area contributed by atoms with Gasteiger partial charge in [0.15, 0.2) is 0 Å². The van der Waals surface area contributed by atoms with E-state index in [-0.39, 0.29) is 0 Å². The third-order valence-electron chi connectivity index (χ3n) is 3.83. The Morgan fingerprint density at radius 1 is 1.14 bits per heavy atom. The first-order valence-corrected chi connectivity index (χ1v) is 9.73. The molecule has 1 aliphatic rings. The van der Waals surface area contributed by atoms with E-state index in [2.05, 4.69) is 4.90 Å². The summed E-state index contributed by atoms with van der Waals surface area (Å²) in [6.07, 6.45) is 0. The third-order valence-corrected chi connectivity index (χ3v) is 7.33. The van der Waals surface area contributed by atoms with Crippen molar-refractivity contribution in [2.24, 2.45) is 0 Å². The van der Waals surface area contributed by atoms with Gasteiger partial charge in [0.05, 0.1) is 0 Å². The smallest absolute Gasteiger partial charge is 0.252 e. The highest BCUT2D eigenvalue weighted by molar-refractivity contribution is 7.91. The number of thiophene rings is 1. The van der Waals surface area contributed by atoms with E-state index in [0.717, 1.165) is 16.3 Å². The predicted octanol–water partition coefficient (Wildman–Crippen LogP) is 3.22. The average molecular weight is 357 g/mol. The average Bonchev–Trinajstić information content (AvgIpc) is 3.02. The van der Waals surface area contributed by atoms with Crippen LogP contribution >= 0.6 is 22.9 Å². The maximum Gasteiger partial charge on any atom is 0.252 e. The Kier molecular flexibility index (Phi) is 4.45. The molecule has 1 aromatic carbocycles. The molecule has 0 aliphatic carbocycles. The lowest BCUT2D eigenvalue weighted by molar-refractivity contribution is 0.385. The zero-order valence-electron chi connectivity index (χ0n) is 12.2. The molecule has 0 N–H and O–H groups in total. The number of piperazine rings is 1. The Labute approximate surface area is 140 Å². The van der Waals surface area contributed by atoms with Crippen molar-refractivity contribution in [2.45, 2.75) is 11.1 Å². The molecular weight excluding hydrogens is 340 g/mol. The molecule has 1 fully saturated rings. The lowest BCUT2D eigenvalue weighted by Gasteiger charge is -2.35. The van der Waals surface area contributed by atoms with E-state index in [1.807, 2.05) is 25.1 Å². The Morgan fingerprint density at radius 2 is 1.86 bits per heavy atom. The molecule has 0 radical (unpaired) electrons. The standard InChI is InChI=1S/C15H17ClN2O2S2/c1-12-11-13(16)4-5-14(12)17-6-8-18(9-7-17)22(19,20)15-3-2-10-21-15/h2-5,10-11H,6-9H2,1H3. The molecule has 22 heavy (non-hydrogen) atoms. The second-order valence-electron chi connectivity index (χ2n) is 5.25. The van der Waals surface area contributed by atoms with E-state index in [9.17, 15) is 8.42 Å². The van der Waals surface area contributed by atoms with E-state index in [0.29, 0.717) is 30.4 Å². The van der Waals surface area contributed by atoms with Crippen LogP contribution in [-0.2, 0) is 10.0 Å². The molecule has 1 aromatic heterocycles. The Hall–Kier alpha value is -1.08. The monoisotopic (exact) mass is 356 g/mol. The summed E-state index contributed by atoms with van der Waals surface area (Å²) in [5.41, 5.74) is 2.24. The molecular formula is C15H17ClN2O2S2. The molecule has 0 amide bonds. The van der Waals surface area contributed by atoms with E-state index in [1.54, 1.807) is 21.8 Å². The Balaban J connectivity index is 1.73. The van der Waals surface area contributed by atoms with Gasteiger partial charge in [0, 0.05) is 36.9 Å². The number of anilines is 1. The predicted molar refractivity (Wildman–Crippen MR) is 91.5 cm³/mol. The van der Waals surface area contributed by atoms with Crippen molar-refractivity contribution in [1.29, 1.82) is 0 Å². The van der Waals surface area contributed by atoms with Crippen molar-refractivity contribution in [2.75, 3.05) is 31.1 Å². The highest BCUT2D eigenvalue weighted by Crippen LogP contribution is 2.27. The number of halogens is 1. The van der Waals surface area contributed by atoms with Gasteiger partial charge in [-0.1, -0.05) is 17.7 Å². The van der Waals surface area contributed by atoms with Gasteiger partial charge in [-0.15, -0.1) is 11.3 Å². The van der Waals surface area contributed by atoms with Gasteiger partial charge in [-0.3, -0.25) is 0 Å². The van der Waals surface area contributed by atoms with E-state index in [1.165, 1.54) is 11.3 Å². The summed E-state index contributed by atoms with van der Waals surface area (Å²) >= 11 is 7.26. The Morgan fingerprint density at radius 3 is 2.45 bits per heavy atom. The zero-order chi connectivity index (χ0) is 15.7. The second kappa shape index (κ2) is 6.20. The zero-order valence-corrected chi connectivity index (χ0v) is 14.6. The SMILES string of the molecule is Cc1cc(Cl)ccc1N1CCN(S(=O)(=O)c2cccs2)CC1. The number of aryl methyl sites for hydroxylation is 1. The van der Waals surface area contributed by atoms with Crippen LogP contribution in [0.5, 0.6) is 0 Å². The van der Waals surface area contributed by atoms with Crippen molar-refractivity contribution in [3.8, 4) is 0 Å². The van der Waals surface area contributed by atoms with Gasteiger partial charge in [-0.2, -0.15) is 4.31 Å². The number of rotatable bonds is 3. The van der Waals surface area contributed by atoms with Crippen molar-refractivity contribution in [1.82, 2.24) is 4.31 Å². The Bertz CT molecular complexity index is 752. The first-order valence-electron chi connectivity index (χ1n) is 7.03. The topological polar surface area (TPSA) is 40.6 Å². The van der Waals surface area contributed by atoms with Crippen LogP contribution in [0.25, 0.3) is 0 Å². The first-order chi connectivity index (χ1) is 10.5. The van der Waals surface area contributed by atoms with Gasteiger partial charge in [0.25, 0.3) is 10.0 Å². The fraction of sp³-hybridized carbons (Fsp3) is 0.333. The van der Waals surface area contributed by atoms with Gasteiger partial charge in [0.1, 0.15) is 4.21 Å². The molecule has 4 nitrogen and oxygen atoms in total. The molecule has 3 rings (SSSR count). The van der Waals surface area contributed by atoms with Gasteiger partial charge in [-0.25, -0.2) is 8.42 Å². The van der Waals surface area contributed by atoms with Gasteiger partial charge in [0.2, 0.25) is 0 Å². The van der Waals surface area contributed by atoms with Crippen LogP contribution in [0.2, 0.25) is 5.02 Å². The molecule has 0 atom stereocenters. The van der Waals surface area contributed by atoms with Crippen molar-refractivity contribution >= 4 is 38.6 Å². The fourth-order valence-corrected chi connectivity index (χ4v) is 5.47. The van der Waals surface area contributed by atoms with Crippen LogP contribution in [0.4, 0.5) is 5.69 Å². The minimum Gasteiger partial charge on any atom is -0.369 e. The van der Waals surface area contributed by atoms with E-state index >= 15 is 0 Å². The second-order valence-corrected chi connectivity index (χ2v) is 8.80. The maximum absolute atomic E-state index is 12.5. The lowest BCUT2D eigenvalue weighted by atomic mass is 10.1. The van der Waals surface area contributed by atoms with Gasteiger partial charge < -0.3 is 4.90 Å². The maximum atomic E-state index is 12.5. The fourth-order valence-electron chi connectivity index (χ4n) is 2.68. The van der Waals surface area contributed by atoms with Crippen LogP contribution in [0, 0.1) is 6.92 Å². The van der Waals surface area contributed by atoms with Crippen molar-refractivity contribution < 1.29 is 8.42 Å². The molecule has 1 saturated heterocycles. The molecule has 2 heterocycles. The molecule has 0 spiro atoms. The quantitative estimate of drug-likeness (QED) is 0.847. The lowest BCUT2D eigenvalue weighted by Crippen LogP contribution is -2.48. The summed E-state index contributed by atoms with van der Waals surface area (Å²) in [4.78, 5) is 2.21. The minimum absolute atomic E-state index is 0.420. The number of hydrogen-bond acceptors (Lipinski definition) is 4. The normalized spacial score (nSPS) is 16.9. The van der Waals surface area contributed by atoms with E-state index < -0.39 is 10.0 Å². The van der Waals surface area contributed by atoms with Crippen LogP contribution < -0.4 is 4.90 Å². The van der Waals surface area contributed by atoms with Gasteiger partial charge in [-0.05, 0) is 42.1 Å². The summed E-state index contributed by atoms with van der Waals surface area (Å²) in [6, 6.07) is 9.24. The minimum atomic E-state index is -3.34. The first kappa shape index (κ1) is 15.8. The number of benzene rings is 1. The molecule has 1 aliphatic heterocycles. The van der Waals surface area contributed by atoms with Crippen LogP contribution in [-0.4, -0.2) is 38.9 Å². The number of sulfonamides is 1. The number of nitrogens with zero attached hydrogens (tertiary/aromatic N) is 2. The molecule has 0 bridgehead atoms. The molecule has 118 valence electrons. The molecule has 0 saturated carbocycles. The summed E-state index contributed by atoms with van der Waals surface area (Å²) in [7, 11) is -3.34. The summed E-state index contributed by atoms with van der Waals surface area (Å²) < 4.78 is 27.0. The largest absolute Gasteiger partial charge is 0.369 e. The van der Waals surface area contributed by atoms with Gasteiger partial charge >= 0.3 is 0 Å². The summed E-state index contributed by atoms with van der Waals surface area (Å²) in [6.45, 7) is 4.40. The third kappa shape index (κ3) is 3.01. The van der Waals surface area contributed by atoms with Crippen molar-refractivity contribution in [3.63, 3.8) is 0 Å². The summed E-state index contributed by atoms with van der Waals surface area (Å²) in [5, 5.41) is 2.51. The van der Waals surface area contributed by atoms with E-state index in [4.69, 9.17) is 11.6 Å².